The first-order chi connectivity index (χ1) is 31.5. The Morgan fingerprint density at radius 1 is 0.621 bits per heavy atom. The minimum absolute atomic E-state index is 0.119. The van der Waals surface area contributed by atoms with Crippen molar-refractivity contribution in [1.29, 1.82) is 0 Å². The molecule has 346 valence electrons. The highest BCUT2D eigenvalue weighted by molar-refractivity contribution is 7.99. The lowest BCUT2D eigenvalue weighted by atomic mass is 10.2. The van der Waals surface area contributed by atoms with Crippen molar-refractivity contribution < 1.29 is 31.0 Å². The molecule has 5 N–H and O–H groups in total. The Bertz CT molecular complexity index is 3020. The van der Waals surface area contributed by atoms with E-state index in [1.54, 1.807) is 12.1 Å². The van der Waals surface area contributed by atoms with Gasteiger partial charge in [-0.15, -0.1) is 20.5 Å². The van der Waals surface area contributed by atoms with Crippen LogP contribution in [0.3, 0.4) is 0 Å². The fraction of sp³-hybridized carbons (Fsp3) is 0.256. The van der Waals surface area contributed by atoms with Crippen molar-refractivity contribution in [2.45, 2.75) is 42.6 Å². The van der Waals surface area contributed by atoms with Crippen LogP contribution in [0, 0.1) is 0 Å². The molecular weight excluding hydrogens is 994 g/mol. The van der Waals surface area contributed by atoms with Gasteiger partial charge in [0.15, 0.2) is 5.16 Å². The van der Waals surface area contributed by atoms with E-state index in [9.17, 15) is 31.0 Å². The number of aliphatic hydroxyl groups is 1. The predicted molar refractivity (Wildman–Crippen MR) is 261 cm³/mol. The van der Waals surface area contributed by atoms with E-state index in [1.807, 2.05) is 52.0 Å². The molecule has 0 aliphatic heterocycles. The summed E-state index contributed by atoms with van der Waals surface area (Å²) in [7, 11) is -9.18. The van der Waals surface area contributed by atoms with Gasteiger partial charge in [0, 0.05) is 43.3 Å². The Kier molecular flexibility index (Phi) is 15.3. The molecule has 0 atom stereocenters. The number of fused-ring (bicyclic) bond motifs is 2. The molecule has 7 rings (SSSR count). The average molecular weight is 1030 g/mol. The van der Waals surface area contributed by atoms with Crippen LogP contribution >= 0.6 is 57.6 Å². The standard InChI is InChI=1S/C39H39Cl2N13O7S5/c1-5-53(6-2)21-9-11-25(49-51-38-44-29-19-33(65(56,57)58)23(40)17-31(29)63-38)27(15-21)42-35-46-36(48-37(47-35)62-14-13-55)43-28-16-22(54(7-3)8-4)10-12-26(28)50-52-39-45-30-20-34(66(59,60)61)24(41)18-32(30)64-39/h9-12,15-20,55H,5-8,13-14H2,1-4H3,(H,56,57,58)(H,59,60,61)(H2,42,43,46,47,48). The van der Waals surface area contributed by atoms with E-state index in [0.29, 0.717) is 58.3 Å². The first-order valence-corrected chi connectivity index (χ1v) is 26.1. The summed E-state index contributed by atoms with van der Waals surface area (Å²) in [4.78, 5) is 26.1. The highest BCUT2D eigenvalue weighted by atomic mass is 35.5. The van der Waals surface area contributed by atoms with Crippen LogP contribution < -0.4 is 20.4 Å². The van der Waals surface area contributed by atoms with E-state index in [-0.39, 0.29) is 60.8 Å². The number of thioether (sulfide) groups is 1. The fourth-order valence-electron chi connectivity index (χ4n) is 6.41. The van der Waals surface area contributed by atoms with E-state index in [1.165, 1.54) is 36.0 Å². The topological polar surface area (TPSA) is 273 Å². The molecule has 0 saturated carbocycles. The van der Waals surface area contributed by atoms with E-state index >= 15 is 0 Å². The molecule has 3 aromatic heterocycles. The number of aromatic nitrogens is 5. The Balaban J connectivity index is 1.26. The van der Waals surface area contributed by atoms with Crippen molar-refractivity contribution in [3.63, 3.8) is 0 Å². The van der Waals surface area contributed by atoms with Gasteiger partial charge in [-0.2, -0.15) is 31.8 Å². The number of aliphatic hydroxyl groups excluding tert-OH is 1. The normalized spacial score (nSPS) is 12.3. The summed E-state index contributed by atoms with van der Waals surface area (Å²) in [5.74, 6) is 0.525. The molecular formula is C39H39Cl2N13O7S5. The first-order valence-electron chi connectivity index (χ1n) is 19.8. The SMILES string of the molecule is CCN(CC)c1ccc(N=Nc2nc3cc(S(=O)(=O)O)c(Cl)cc3s2)c(Nc2nc(Nc3cc(N(CC)CC)ccc3N=Nc3nc4cc(S(=O)(=O)O)c(Cl)cc4s3)nc(SCCO)n2)c1. The van der Waals surface area contributed by atoms with Crippen LogP contribution in [0.15, 0.2) is 96.1 Å². The van der Waals surface area contributed by atoms with Crippen LogP contribution in [0.4, 0.5) is 56.3 Å². The van der Waals surface area contributed by atoms with Gasteiger partial charge in [0.25, 0.3) is 20.2 Å². The Morgan fingerprint density at radius 2 is 1.05 bits per heavy atom. The van der Waals surface area contributed by atoms with Crippen molar-refractivity contribution in [1.82, 2.24) is 24.9 Å². The largest absolute Gasteiger partial charge is 0.396 e. The van der Waals surface area contributed by atoms with Crippen molar-refractivity contribution in [2.24, 2.45) is 20.5 Å². The summed E-state index contributed by atoms with van der Waals surface area (Å²) in [5, 5.41) is 34.4. The van der Waals surface area contributed by atoms with Crippen LogP contribution in [-0.4, -0.2) is 94.5 Å². The minimum Gasteiger partial charge on any atom is -0.396 e. The van der Waals surface area contributed by atoms with Crippen LogP contribution in [0.1, 0.15) is 27.7 Å². The van der Waals surface area contributed by atoms with Crippen molar-refractivity contribution in [3.05, 3.63) is 70.7 Å². The molecule has 27 heteroatoms. The second-order valence-electron chi connectivity index (χ2n) is 13.7. The van der Waals surface area contributed by atoms with Gasteiger partial charge in [0.05, 0.1) is 48.5 Å². The Hall–Kier alpha value is -5.22. The van der Waals surface area contributed by atoms with E-state index in [4.69, 9.17) is 28.2 Å². The monoisotopic (exact) mass is 1030 g/mol. The number of halogens is 2. The lowest BCUT2D eigenvalue weighted by Gasteiger charge is -2.22. The summed E-state index contributed by atoms with van der Waals surface area (Å²) < 4.78 is 67.7. The molecule has 0 aliphatic carbocycles. The Labute approximate surface area is 400 Å². The quantitative estimate of drug-likeness (QED) is 0.0286. The van der Waals surface area contributed by atoms with E-state index in [0.717, 1.165) is 34.0 Å². The number of hydrogen-bond donors (Lipinski definition) is 5. The third-order valence-electron chi connectivity index (χ3n) is 9.55. The lowest BCUT2D eigenvalue weighted by Crippen LogP contribution is -2.21. The number of hydrogen-bond acceptors (Lipinski definition) is 21. The summed E-state index contributed by atoms with van der Waals surface area (Å²) in [5.41, 5.74) is 3.94. The van der Waals surface area contributed by atoms with Gasteiger partial charge < -0.3 is 25.5 Å². The summed E-state index contributed by atoms with van der Waals surface area (Å²) >= 11 is 15.7. The third-order valence-corrected chi connectivity index (χ3v) is 14.8. The molecule has 0 fully saturated rings. The molecule has 66 heavy (non-hydrogen) atoms. The molecule has 0 spiro atoms. The van der Waals surface area contributed by atoms with Gasteiger partial charge >= 0.3 is 0 Å². The number of nitrogens with zero attached hydrogens (tertiary/aromatic N) is 11. The zero-order chi connectivity index (χ0) is 47.3. The van der Waals surface area contributed by atoms with Crippen molar-refractivity contribution in [2.75, 3.05) is 59.0 Å². The highest BCUT2D eigenvalue weighted by Gasteiger charge is 2.20. The zero-order valence-corrected chi connectivity index (χ0v) is 40.8. The van der Waals surface area contributed by atoms with Crippen molar-refractivity contribution in [3.8, 4) is 0 Å². The highest BCUT2D eigenvalue weighted by Crippen LogP contribution is 2.40. The molecule has 0 aliphatic rings. The number of azo groups is 2. The van der Waals surface area contributed by atoms with Crippen molar-refractivity contribution >= 4 is 155 Å². The number of benzene rings is 4. The van der Waals surface area contributed by atoms with E-state index in [2.05, 4.69) is 60.8 Å². The molecule has 0 bridgehead atoms. The van der Waals surface area contributed by atoms with Crippen LogP contribution in [0.5, 0.6) is 0 Å². The number of nitrogens with one attached hydrogen (secondary N) is 2. The maximum Gasteiger partial charge on any atom is 0.296 e. The van der Waals surface area contributed by atoms with Crippen LogP contribution in [0.25, 0.3) is 20.4 Å². The summed E-state index contributed by atoms with van der Waals surface area (Å²) in [6, 6.07) is 16.2. The molecule has 0 radical (unpaired) electrons. The van der Waals surface area contributed by atoms with Gasteiger partial charge in [0.1, 0.15) is 21.2 Å². The number of anilines is 6. The van der Waals surface area contributed by atoms with Crippen LogP contribution in [-0.2, 0) is 20.2 Å². The lowest BCUT2D eigenvalue weighted by molar-refractivity contribution is 0.322. The molecule has 0 amide bonds. The Morgan fingerprint density at radius 3 is 1.42 bits per heavy atom. The molecule has 7 aromatic rings. The van der Waals surface area contributed by atoms with Gasteiger partial charge in [-0.25, -0.2) is 9.97 Å². The van der Waals surface area contributed by atoms with E-state index < -0.39 is 30.0 Å². The maximum absolute atomic E-state index is 11.9. The van der Waals surface area contributed by atoms with Crippen LogP contribution in [0.2, 0.25) is 10.0 Å². The smallest absolute Gasteiger partial charge is 0.296 e. The van der Waals surface area contributed by atoms with Gasteiger partial charge in [-0.3, -0.25) is 9.11 Å². The maximum atomic E-state index is 11.9. The number of thiazole rings is 2. The second kappa shape index (κ2) is 20.7. The summed E-state index contributed by atoms with van der Waals surface area (Å²) in [6.07, 6.45) is 0. The molecule has 0 unspecified atom stereocenters. The third kappa shape index (κ3) is 11.5. The van der Waals surface area contributed by atoms with Gasteiger partial charge in [-0.05, 0) is 88.4 Å². The molecule has 3 heterocycles. The summed E-state index contributed by atoms with van der Waals surface area (Å²) in [6.45, 7) is 10.9. The van der Waals surface area contributed by atoms with Gasteiger partial charge in [0.2, 0.25) is 22.2 Å². The number of rotatable bonds is 19. The minimum atomic E-state index is -4.59. The average Bonchev–Trinajstić information content (AvgIpc) is 3.87. The predicted octanol–water partition coefficient (Wildman–Crippen LogP) is 11.0. The van der Waals surface area contributed by atoms with Gasteiger partial charge in [-0.1, -0.05) is 57.6 Å². The first kappa shape index (κ1) is 48.7. The molecule has 4 aromatic carbocycles. The fourth-order valence-corrected chi connectivity index (χ4v) is 10.8. The molecule has 0 saturated heterocycles. The second-order valence-corrected chi connectivity index (χ2v) is 20.4. The zero-order valence-electron chi connectivity index (χ0n) is 35.2. The molecule has 20 nitrogen and oxygen atoms in total.